The molecule has 0 spiro atoms. The van der Waals surface area contributed by atoms with Gasteiger partial charge in [0.05, 0.1) is 12.3 Å². The summed E-state index contributed by atoms with van der Waals surface area (Å²) in [4.78, 5) is 12.4. The Morgan fingerprint density at radius 2 is 2.10 bits per heavy atom. The number of nitrogen functional groups attached to an aromatic ring is 1. The predicted octanol–water partition coefficient (Wildman–Crippen LogP) is 2.66. The van der Waals surface area contributed by atoms with Crippen molar-refractivity contribution in [3.8, 4) is 0 Å². The van der Waals surface area contributed by atoms with Crippen LogP contribution in [0.1, 0.15) is 17.2 Å². The molecule has 0 saturated heterocycles. The van der Waals surface area contributed by atoms with Gasteiger partial charge in [-0.2, -0.15) is 0 Å². The number of amides is 1. The van der Waals surface area contributed by atoms with Gasteiger partial charge in [-0.05, 0) is 35.7 Å². The molecule has 4 nitrogen and oxygen atoms in total. The number of rotatable bonds is 2. The van der Waals surface area contributed by atoms with E-state index in [1.807, 2.05) is 24.3 Å². The van der Waals surface area contributed by atoms with Crippen LogP contribution in [-0.2, 0) is 16.0 Å². The monoisotopic (exact) mass is 286 g/mol. The molecule has 2 aromatic rings. The Hall–Kier alpha value is -2.40. The molecule has 5 heteroatoms. The van der Waals surface area contributed by atoms with Gasteiger partial charge in [0.1, 0.15) is 5.82 Å². The normalized spacial score (nSPS) is 17.1. The van der Waals surface area contributed by atoms with Gasteiger partial charge in [-0.3, -0.25) is 4.79 Å². The number of ether oxygens (including phenoxy) is 1. The van der Waals surface area contributed by atoms with E-state index in [0.29, 0.717) is 12.3 Å². The van der Waals surface area contributed by atoms with E-state index < -0.39 is 11.9 Å². The largest absolute Gasteiger partial charge is 0.396 e. The van der Waals surface area contributed by atoms with E-state index in [9.17, 15) is 9.18 Å². The predicted molar refractivity (Wildman–Crippen MR) is 78.3 cm³/mol. The van der Waals surface area contributed by atoms with Gasteiger partial charge in [0.2, 0.25) is 0 Å². The zero-order valence-electron chi connectivity index (χ0n) is 11.3. The average Bonchev–Trinajstić information content (AvgIpc) is 2.50. The number of hydrogen-bond acceptors (Lipinski definition) is 3. The number of nitrogens with two attached hydrogens (primary N) is 1. The molecule has 1 amide bonds. The maximum absolute atomic E-state index is 13.1. The maximum Gasteiger partial charge on any atom is 0.258 e. The molecule has 1 aliphatic rings. The zero-order chi connectivity index (χ0) is 14.8. The first-order chi connectivity index (χ1) is 10.1. The average molecular weight is 286 g/mol. The van der Waals surface area contributed by atoms with Gasteiger partial charge in [0.15, 0.2) is 6.10 Å². The molecule has 21 heavy (non-hydrogen) atoms. The van der Waals surface area contributed by atoms with Crippen LogP contribution in [0.4, 0.5) is 15.8 Å². The maximum atomic E-state index is 13.1. The molecule has 3 rings (SSSR count). The number of benzene rings is 2. The molecule has 3 N–H and O–H groups in total. The number of carbonyl (C=O) groups is 1. The van der Waals surface area contributed by atoms with Gasteiger partial charge in [-0.1, -0.05) is 24.3 Å². The Kier molecular flexibility index (Phi) is 3.58. The smallest absolute Gasteiger partial charge is 0.258 e. The molecule has 108 valence electrons. The van der Waals surface area contributed by atoms with Gasteiger partial charge in [-0.25, -0.2) is 4.39 Å². The van der Waals surface area contributed by atoms with Gasteiger partial charge < -0.3 is 15.8 Å². The first-order valence-electron chi connectivity index (χ1n) is 6.70. The lowest BCUT2D eigenvalue weighted by atomic mass is 9.97. The standard InChI is InChI=1S/C16H15FN2O2/c17-13-6-5-11(9-14(13)18)19-16(20)15-12-4-2-1-3-10(12)7-8-21-15/h1-6,9,15H,7-8,18H2,(H,19,20). The number of anilines is 2. The van der Waals surface area contributed by atoms with Crippen molar-refractivity contribution in [1.29, 1.82) is 0 Å². The molecule has 1 atom stereocenters. The Morgan fingerprint density at radius 3 is 2.90 bits per heavy atom. The van der Waals surface area contributed by atoms with Crippen molar-refractivity contribution in [2.45, 2.75) is 12.5 Å². The van der Waals surface area contributed by atoms with E-state index in [0.717, 1.165) is 17.5 Å². The lowest BCUT2D eigenvalue weighted by Gasteiger charge is -2.25. The molecule has 1 heterocycles. The van der Waals surface area contributed by atoms with Crippen LogP contribution in [0, 0.1) is 5.82 Å². The lowest BCUT2D eigenvalue weighted by Crippen LogP contribution is -2.28. The summed E-state index contributed by atoms with van der Waals surface area (Å²) < 4.78 is 18.7. The van der Waals surface area contributed by atoms with Crippen molar-refractivity contribution in [2.75, 3.05) is 17.7 Å². The third-order valence-corrected chi connectivity index (χ3v) is 3.50. The van der Waals surface area contributed by atoms with E-state index in [1.54, 1.807) is 0 Å². The van der Waals surface area contributed by atoms with Gasteiger partial charge in [0, 0.05) is 5.69 Å². The second-order valence-corrected chi connectivity index (χ2v) is 4.93. The van der Waals surface area contributed by atoms with Crippen LogP contribution in [0.2, 0.25) is 0 Å². The molecule has 0 fully saturated rings. The Labute approximate surface area is 121 Å². The topological polar surface area (TPSA) is 64.3 Å². The van der Waals surface area contributed by atoms with Crippen LogP contribution in [0.15, 0.2) is 42.5 Å². The Morgan fingerprint density at radius 1 is 1.29 bits per heavy atom. The highest BCUT2D eigenvalue weighted by Crippen LogP contribution is 2.28. The van der Waals surface area contributed by atoms with Crippen LogP contribution >= 0.6 is 0 Å². The summed E-state index contributed by atoms with van der Waals surface area (Å²) in [5, 5.41) is 2.71. The molecular weight excluding hydrogens is 271 g/mol. The zero-order valence-corrected chi connectivity index (χ0v) is 11.3. The third-order valence-electron chi connectivity index (χ3n) is 3.50. The van der Waals surface area contributed by atoms with Crippen LogP contribution < -0.4 is 11.1 Å². The van der Waals surface area contributed by atoms with Crippen molar-refractivity contribution in [3.63, 3.8) is 0 Å². The highest BCUT2D eigenvalue weighted by molar-refractivity contribution is 5.95. The second kappa shape index (κ2) is 5.54. The SMILES string of the molecule is Nc1cc(NC(=O)C2OCCc3ccccc32)ccc1F. The van der Waals surface area contributed by atoms with Crippen molar-refractivity contribution in [2.24, 2.45) is 0 Å². The van der Waals surface area contributed by atoms with E-state index in [4.69, 9.17) is 10.5 Å². The second-order valence-electron chi connectivity index (χ2n) is 4.93. The number of halogens is 1. The van der Waals surface area contributed by atoms with Crippen LogP contribution in [0.25, 0.3) is 0 Å². The fourth-order valence-corrected chi connectivity index (χ4v) is 2.44. The fourth-order valence-electron chi connectivity index (χ4n) is 2.44. The quantitative estimate of drug-likeness (QED) is 0.834. The molecule has 0 aromatic heterocycles. The molecule has 2 aromatic carbocycles. The highest BCUT2D eigenvalue weighted by atomic mass is 19.1. The minimum atomic E-state index is -0.652. The summed E-state index contributed by atoms with van der Waals surface area (Å²) in [7, 11) is 0. The fraction of sp³-hybridized carbons (Fsp3) is 0.188. The van der Waals surface area contributed by atoms with Crippen molar-refractivity contribution >= 4 is 17.3 Å². The van der Waals surface area contributed by atoms with Gasteiger partial charge in [-0.15, -0.1) is 0 Å². The molecule has 0 saturated carbocycles. The Bertz CT molecular complexity index is 688. The molecule has 0 radical (unpaired) electrons. The number of hydrogen-bond donors (Lipinski definition) is 2. The lowest BCUT2D eigenvalue weighted by molar-refractivity contribution is -0.128. The van der Waals surface area contributed by atoms with E-state index in [-0.39, 0.29) is 11.6 Å². The summed E-state index contributed by atoms with van der Waals surface area (Å²) >= 11 is 0. The highest BCUT2D eigenvalue weighted by Gasteiger charge is 2.27. The van der Waals surface area contributed by atoms with Crippen LogP contribution in [-0.4, -0.2) is 12.5 Å². The van der Waals surface area contributed by atoms with Gasteiger partial charge in [0.25, 0.3) is 5.91 Å². The van der Waals surface area contributed by atoms with Crippen molar-refractivity contribution < 1.29 is 13.9 Å². The number of nitrogens with one attached hydrogen (secondary N) is 1. The van der Waals surface area contributed by atoms with Crippen molar-refractivity contribution in [3.05, 3.63) is 59.4 Å². The Balaban J connectivity index is 1.81. The first-order valence-corrected chi connectivity index (χ1v) is 6.70. The van der Waals surface area contributed by atoms with E-state index >= 15 is 0 Å². The van der Waals surface area contributed by atoms with Crippen LogP contribution in [0.3, 0.4) is 0 Å². The van der Waals surface area contributed by atoms with Gasteiger partial charge >= 0.3 is 0 Å². The summed E-state index contributed by atoms with van der Waals surface area (Å²) in [6, 6.07) is 11.8. The van der Waals surface area contributed by atoms with Crippen molar-refractivity contribution in [1.82, 2.24) is 0 Å². The van der Waals surface area contributed by atoms with E-state index in [1.165, 1.54) is 18.2 Å². The molecule has 1 unspecified atom stereocenters. The number of carbonyl (C=O) groups excluding carboxylic acids is 1. The molecular formula is C16H15FN2O2. The minimum Gasteiger partial charge on any atom is -0.396 e. The summed E-state index contributed by atoms with van der Waals surface area (Å²) in [6.07, 6.45) is 0.143. The van der Waals surface area contributed by atoms with E-state index in [2.05, 4.69) is 5.32 Å². The summed E-state index contributed by atoms with van der Waals surface area (Å²) in [5.41, 5.74) is 7.93. The minimum absolute atomic E-state index is 0.00207. The number of fused-ring (bicyclic) bond motifs is 1. The summed E-state index contributed by atoms with van der Waals surface area (Å²) in [6.45, 7) is 0.501. The molecule has 1 aliphatic heterocycles. The van der Waals surface area contributed by atoms with Crippen LogP contribution in [0.5, 0.6) is 0 Å². The third kappa shape index (κ3) is 2.73. The summed E-state index contributed by atoms with van der Waals surface area (Å²) in [5.74, 6) is -0.791. The first kappa shape index (κ1) is 13.6. The molecule has 0 bridgehead atoms. The molecule has 0 aliphatic carbocycles.